The first-order chi connectivity index (χ1) is 96.7. The zero-order valence-corrected chi connectivity index (χ0v) is 63.0. The van der Waals surface area contributed by atoms with Crippen molar-refractivity contribution in [2.45, 2.75) is 0 Å². The van der Waals surface area contributed by atoms with Crippen LogP contribution in [0.2, 0.25) is 0 Å². The summed E-state index contributed by atoms with van der Waals surface area (Å²) in [6.45, 7) is 0. The highest BCUT2D eigenvalue weighted by atomic mass is 14.3. The van der Waals surface area contributed by atoms with E-state index in [1.54, 1.807) is 0 Å². The van der Waals surface area contributed by atoms with Gasteiger partial charge in [-0.2, -0.15) is 0 Å². The van der Waals surface area contributed by atoms with E-state index in [1.807, 2.05) is 0 Å². The lowest BCUT2D eigenvalue weighted by molar-refractivity contribution is 1.58. The van der Waals surface area contributed by atoms with Crippen LogP contribution in [0, 0.1) is 0 Å². The SMILES string of the molecule is [2H]c1c([2H])c(-c2c3c([2H])c([2H])c([2H])c([2H])c3c(-c3c([2H])c([2H])c([2H])c4c([2H])c([2H])c([2H])c([2H])c34)c3c([2H])c([2H])c([2H])c([2H])c23)c([2H])c(-c2c([2H])c3c([2H])c([2H])c([2H])c([2H])c3c3c([2H])c([2H])c([2H])c([2H])c23)c1[2H].[2H]c1c([2H])c(-c2c3c([2H])c([2H])c([2H])c([2H])c3c(-c3c([2H])c([2H])c([2H])c4c([2H])c([2H])c([2H])c([2H])c34)c3c([2H])c([2H])c([2H])c([2H])c23)c([2H])c([2H])c1-c1c([2H])c([2H])c([2H])c2c([2H])c([2H])c([2H])c([2H])c12.[2H]c1c([2H])c([2H])c(-c2c([2H])c([2H])c(-c3c([2H])c([2H])c([2H])c([2H])c3-c3c4c([2H])c([2H])c([2H])c([2H])c4c(-c4c([2H])c([2H])c([2H])c5c([2H])c([2H])c([2H])c([2H])c45)c4c([2H])c([2H])c([2H])c([2H])c34)c([2H])c2[2H])c([2H])c1[2H]. The van der Waals surface area contributed by atoms with Crippen molar-refractivity contribution in [2.75, 3.05) is 0 Å². The molecule has 0 atom stereocenters. The largest absolute Gasteiger partial charge is 0.0636 e. The summed E-state index contributed by atoms with van der Waals surface area (Å²) >= 11 is 0. The normalized spacial score (nSPS) is 20.6. The van der Waals surface area contributed by atoms with Crippen LogP contribution in [0.5, 0.6) is 0 Å². The minimum Gasteiger partial charge on any atom is -0.0622 e. The van der Waals surface area contributed by atoms with Crippen molar-refractivity contribution in [1.82, 2.24) is 0 Å². The van der Waals surface area contributed by atoms with Crippen molar-refractivity contribution in [3.05, 3.63) is 495 Å². The fourth-order valence-corrected chi connectivity index (χ4v) is 14.8. The molecule has 0 spiro atoms. The first-order valence-electron chi connectivity index (χ1n) is 78.0. The molecule has 0 aliphatic heterocycles. The summed E-state index contributed by atoms with van der Waals surface area (Å²) in [6, 6.07) is -79.2. The van der Waals surface area contributed by atoms with E-state index in [2.05, 4.69) is 0 Å². The minimum absolute atomic E-state index is 0.543. The molecular formula is C126H82. The average Bonchev–Trinajstić information content (AvgIpc) is 0.683. The molecule has 0 amide bonds. The van der Waals surface area contributed by atoms with Gasteiger partial charge in [-0.1, -0.05) is 483 Å². The van der Waals surface area contributed by atoms with Crippen LogP contribution in [-0.4, -0.2) is 0 Å². The highest BCUT2D eigenvalue weighted by Crippen LogP contribution is 2.52. The van der Waals surface area contributed by atoms with Gasteiger partial charge in [0.2, 0.25) is 0 Å². The third-order valence-corrected chi connectivity index (χ3v) is 20.1. The Labute approximate surface area is 848 Å². The summed E-state index contributed by atoms with van der Waals surface area (Å²) in [5.41, 5.74) is -16.0. The molecule has 0 heteroatoms. The van der Waals surface area contributed by atoms with Crippen molar-refractivity contribution < 1.29 is 112 Å². The van der Waals surface area contributed by atoms with Gasteiger partial charge in [-0.25, -0.2) is 0 Å². The molecule has 0 saturated carbocycles. The number of rotatable bonds is 10. The van der Waals surface area contributed by atoms with Gasteiger partial charge in [0.25, 0.3) is 0 Å². The Morgan fingerprint density at radius 1 is 0.0952 bits per heavy atom. The van der Waals surface area contributed by atoms with E-state index in [0.29, 0.717) is 0 Å². The summed E-state index contributed by atoms with van der Waals surface area (Å²) in [5, 5.41) is -16.7. The molecule has 25 aromatic carbocycles. The van der Waals surface area contributed by atoms with Gasteiger partial charge in [0, 0.05) is 0 Å². The Bertz CT molecular complexity index is 13600. The summed E-state index contributed by atoms with van der Waals surface area (Å²) in [4.78, 5) is 0. The van der Waals surface area contributed by atoms with Crippen LogP contribution in [-0.2, 0) is 0 Å². The predicted octanol–water partition coefficient (Wildman–Crippen LogP) is 35.6. The summed E-state index contributed by atoms with van der Waals surface area (Å²) in [5.74, 6) is 0. The van der Waals surface area contributed by atoms with Crippen LogP contribution in [0.3, 0.4) is 0 Å². The fraction of sp³-hybridized carbons (Fsp3) is 0. The van der Waals surface area contributed by atoms with Gasteiger partial charge >= 0.3 is 0 Å². The summed E-state index contributed by atoms with van der Waals surface area (Å²) in [6.07, 6.45) is 0. The lowest BCUT2D eigenvalue weighted by Crippen LogP contribution is -1.93. The molecule has 0 N–H and O–H groups in total. The molecule has 25 aromatic rings. The van der Waals surface area contributed by atoms with Crippen LogP contribution in [0.25, 0.3) is 241 Å². The molecule has 0 aliphatic rings. The maximum absolute atomic E-state index is 9.98. The zero-order chi connectivity index (χ0) is 155. The van der Waals surface area contributed by atoms with Crippen LogP contribution in [0.4, 0.5) is 0 Å². The summed E-state index contributed by atoms with van der Waals surface area (Å²) < 4.78 is 732. The first-order valence-corrected chi connectivity index (χ1v) is 37.0. The highest BCUT2D eigenvalue weighted by molar-refractivity contribution is 6.28. The second kappa shape index (κ2) is 32.2. The smallest absolute Gasteiger partial charge is 0.0622 e. The molecule has 0 unspecified atom stereocenters. The van der Waals surface area contributed by atoms with Gasteiger partial charge in [0.05, 0.1) is 112 Å². The van der Waals surface area contributed by atoms with Gasteiger partial charge in [-0.3, -0.25) is 0 Å². The van der Waals surface area contributed by atoms with Crippen molar-refractivity contribution >= 4 is 129 Å². The Morgan fingerprint density at radius 2 is 0.325 bits per heavy atom. The van der Waals surface area contributed by atoms with Gasteiger partial charge in [0.1, 0.15) is 0 Å². The Morgan fingerprint density at radius 3 is 0.738 bits per heavy atom. The molecule has 0 nitrogen and oxygen atoms in total. The van der Waals surface area contributed by atoms with Gasteiger partial charge in [0.15, 0.2) is 0 Å². The molecule has 0 radical (unpaired) electrons. The summed E-state index contributed by atoms with van der Waals surface area (Å²) in [7, 11) is 0. The van der Waals surface area contributed by atoms with Gasteiger partial charge in [-0.05, 0) is 253 Å². The molecule has 0 bridgehead atoms. The monoisotopic (exact) mass is 1680 g/mol. The van der Waals surface area contributed by atoms with Crippen molar-refractivity contribution in [1.29, 1.82) is 0 Å². The van der Waals surface area contributed by atoms with E-state index in [4.69, 9.17) is 74.0 Å². The highest BCUT2D eigenvalue weighted by Gasteiger charge is 2.24. The second-order valence-electron chi connectivity index (χ2n) is 26.8. The zero-order valence-electron chi connectivity index (χ0n) is 145. The third kappa shape index (κ3) is 13.2. The second-order valence-corrected chi connectivity index (χ2v) is 26.8. The Balaban J connectivity index is 0.000000159. The van der Waals surface area contributed by atoms with Crippen molar-refractivity contribution in [3.8, 4) is 111 Å². The lowest BCUT2D eigenvalue weighted by Gasteiger charge is -2.20. The maximum Gasteiger partial charge on any atom is 0.0636 e. The van der Waals surface area contributed by atoms with Crippen LogP contribution in [0.15, 0.2) is 495 Å². The molecule has 0 saturated heterocycles. The van der Waals surface area contributed by atoms with Crippen molar-refractivity contribution in [3.63, 3.8) is 0 Å². The third-order valence-electron chi connectivity index (χ3n) is 20.1. The van der Waals surface area contributed by atoms with E-state index in [9.17, 15) is 38.4 Å². The first kappa shape index (κ1) is 28.3. The predicted molar refractivity (Wildman–Crippen MR) is 544 cm³/mol. The Kier molecular flexibility index (Phi) is 7.25. The van der Waals surface area contributed by atoms with E-state index in [1.165, 1.54) is 0 Å². The quantitative estimate of drug-likeness (QED) is 0.0946. The average molecular weight is 1680 g/mol. The molecule has 0 heterocycles. The molecule has 0 aromatic heterocycles. The van der Waals surface area contributed by atoms with E-state index < -0.39 is 736 Å². The minimum atomic E-state index is -1.12. The van der Waals surface area contributed by atoms with Crippen LogP contribution < -0.4 is 0 Å². The molecule has 25 rings (SSSR count). The number of benzene rings is 25. The van der Waals surface area contributed by atoms with E-state index in [-0.39, 0.29) is 0 Å². The Hall–Kier alpha value is -16.4. The molecular weight excluding hydrogens is 1510 g/mol. The standard InChI is InChI=1S/C44H28.C42H28.C40H26/c1-3-18-33-29(13-1)15-12-26-37(33)44-40-24-9-7-22-38(40)43(39-23-8-10-25-41(39)44)32-17-11-16-30(27-32)42-28-31-14-2-4-19-34(31)35-20-5-6-21-36(35)42;1-2-13-29(14-3-1)30-25-27-32(28-26-30)34-18-6-7-19-35(34)41-37-20-8-10-22-39(37)42(40-23-11-9-21-38(40)41)36-24-12-16-31-15-4-5-17-33(31)36;1-3-15-31-27(11-1)13-9-21-32(31)29-23-25-30(26-24-29)39-35-17-5-7-19-37(35)40(38-20-8-6-18-36(38)39)34-22-10-14-28-12-2-4-16-33(28)34/h1-28H;1-28H;1-26H/i2*1D,2D,3D,4D,5D,6D,7D,8D,9D,10D,11D,12D,13D,14D,15D,16D,17D,18D,19D,20D,21D,22D,23D,24D,25D,26D,27D,28D;1D,2D,3D,4D,5D,6D,7D,8D,9D,10D,11D,12D,13D,14D,15D,16D,17D,18D,19D,20D,21D,22D,23D,24D,25D,26D. The van der Waals surface area contributed by atoms with Crippen LogP contribution in [0.1, 0.15) is 112 Å². The van der Waals surface area contributed by atoms with Crippen molar-refractivity contribution in [2.24, 2.45) is 0 Å². The van der Waals surface area contributed by atoms with Gasteiger partial charge < -0.3 is 0 Å². The van der Waals surface area contributed by atoms with Gasteiger partial charge in [-0.15, -0.1) is 0 Å². The number of hydrogen-bond donors (Lipinski definition) is 0. The molecule has 126 heavy (non-hydrogen) atoms. The van der Waals surface area contributed by atoms with E-state index >= 15 is 0 Å². The molecule has 0 aliphatic carbocycles. The van der Waals surface area contributed by atoms with Crippen LogP contribution >= 0.6 is 0 Å². The van der Waals surface area contributed by atoms with E-state index in [0.717, 1.165) is 0 Å². The fourth-order valence-electron chi connectivity index (χ4n) is 14.8. The topological polar surface area (TPSA) is 0 Å². The maximum atomic E-state index is 9.98. The number of fused-ring (bicyclic) bond motifs is 13. The molecule has 0 fully saturated rings. The lowest BCUT2D eigenvalue weighted by atomic mass is 9.83. The number of hydrogen-bond acceptors (Lipinski definition) is 0. The molecule has 586 valence electrons.